The Balaban J connectivity index is 1.45. The van der Waals surface area contributed by atoms with E-state index in [-0.39, 0.29) is 5.82 Å². The van der Waals surface area contributed by atoms with Crippen molar-refractivity contribution in [3.63, 3.8) is 0 Å². The van der Waals surface area contributed by atoms with Gasteiger partial charge in [0.05, 0.1) is 18.5 Å². The quantitative estimate of drug-likeness (QED) is 0.816. The van der Waals surface area contributed by atoms with Crippen LogP contribution in [0.1, 0.15) is 35.6 Å². The fourth-order valence-corrected chi connectivity index (χ4v) is 3.47. The summed E-state index contributed by atoms with van der Waals surface area (Å²) in [6.07, 6.45) is 4.63. The molecule has 1 aromatic heterocycles. The van der Waals surface area contributed by atoms with Crippen LogP contribution in [-0.4, -0.2) is 34.4 Å². The van der Waals surface area contributed by atoms with Crippen molar-refractivity contribution in [2.45, 2.75) is 31.8 Å². The topological polar surface area (TPSA) is 30.3 Å². The molecule has 0 bridgehead atoms. The highest BCUT2D eigenvalue weighted by Gasteiger charge is 2.29. The second kappa shape index (κ2) is 6.65. The van der Waals surface area contributed by atoms with Gasteiger partial charge in [0.25, 0.3) is 0 Å². The predicted molar refractivity (Wildman–Crippen MR) is 90.0 cm³/mol. The third kappa shape index (κ3) is 3.52. The van der Waals surface area contributed by atoms with Crippen molar-refractivity contribution in [2.24, 2.45) is 13.0 Å². The van der Waals surface area contributed by atoms with Crippen molar-refractivity contribution in [3.05, 3.63) is 53.1 Å². The number of rotatable bonds is 6. The molecule has 0 amide bonds. The Morgan fingerprint density at radius 1 is 1.21 bits per heavy atom. The van der Waals surface area contributed by atoms with E-state index >= 15 is 0 Å². The highest BCUT2D eigenvalue weighted by molar-refractivity contribution is 5.26. The first-order valence-corrected chi connectivity index (χ1v) is 8.74. The standard InChI is InChI=1S/C19H24FN3O/c1-22-19-11-23(9-14-4-6-17(20)7-5-14)10-16(18(19)8-21-22)13-24-12-15-2-3-15/h4-8,15-16H,2-3,9-13H2,1H3/t16-/m0/s1. The zero-order valence-corrected chi connectivity index (χ0v) is 14.1. The third-order valence-corrected chi connectivity index (χ3v) is 5.07. The van der Waals surface area contributed by atoms with Gasteiger partial charge in [-0.1, -0.05) is 12.1 Å². The molecule has 1 saturated carbocycles. The van der Waals surface area contributed by atoms with Gasteiger partial charge in [-0.3, -0.25) is 9.58 Å². The van der Waals surface area contributed by atoms with E-state index in [1.54, 1.807) is 0 Å². The van der Waals surface area contributed by atoms with Crippen molar-refractivity contribution in [3.8, 4) is 0 Å². The molecule has 0 saturated heterocycles. The van der Waals surface area contributed by atoms with Gasteiger partial charge in [0.1, 0.15) is 5.82 Å². The van der Waals surface area contributed by atoms with E-state index in [9.17, 15) is 4.39 Å². The fraction of sp³-hybridized carbons (Fsp3) is 0.526. The average molecular weight is 329 g/mol. The van der Waals surface area contributed by atoms with Gasteiger partial charge in [0.15, 0.2) is 0 Å². The molecule has 4 rings (SSSR count). The van der Waals surface area contributed by atoms with Crippen LogP contribution in [0.3, 0.4) is 0 Å². The molecule has 1 aliphatic heterocycles. The molecule has 0 radical (unpaired) electrons. The number of benzene rings is 1. The summed E-state index contributed by atoms with van der Waals surface area (Å²) in [7, 11) is 2.00. The average Bonchev–Trinajstić information content (AvgIpc) is 3.33. The maximum absolute atomic E-state index is 13.1. The van der Waals surface area contributed by atoms with E-state index in [4.69, 9.17) is 4.74 Å². The Bertz CT molecular complexity index is 693. The van der Waals surface area contributed by atoms with Gasteiger partial charge in [-0.2, -0.15) is 5.10 Å². The van der Waals surface area contributed by atoms with E-state index < -0.39 is 0 Å². The second-order valence-corrected chi connectivity index (χ2v) is 7.14. The van der Waals surface area contributed by atoms with Crippen molar-refractivity contribution >= 4 is 0 Å². The van der Waals surface area contributed by atoms with Crippen LogP contribution in [0.15, 0.2) is 30.5 Å². The number of nitrogens with zero attached hydrogens (tertiary/aromatic N) is 3. The fourth-order valence-electron chi connectivity index (χ4n) is 3.47. The number of hydrogen-bond acceptors (Lipinski definition) is 3. The first kappa shape index (κ1) is 15.8. The molecule has 128 valence electrons. The smallest absolute Gasteiger partial charge is 0.123 e. The van der Waals surface area contributed by atoms with Crippen LogP contribution in [0.2, 0.25) is 0 Å². The maximum atomic E-state index is 13.1. The summed E-state index contributed by atoms with van der Waals surface area (Å²) >= 11 is 0. The van der Waals surface area contributed by atoms with Crippen LogP contribution in [0.5, 0.6) is 0 Å². The Hall–Kier alpha value is -1.72. The minimum absolute atomic E-state index is 0.183. The number of aryl methyl sites for hydroxylation is 1. The summed E-state index contributed by atoms with van der Waals surface area (Å²) in [6.45, 7) is 4.31. The zero-order valence-electron chi connectivity index (χ0n) is 14.1. The molecule has 1 fully saturated rings. The maximum Gasteiger partial charge on any atom is 0.123 e. The molecule has 0 spiro atoms. The summed E-state index contributed by atoms with van der Waals surface area (Å²) in [4.78, 5) is 2.41. The van der Waals surface area contributed by atoms with Crippen LogP contribution >= 0.6 is 0 Å². The molecule has 2 heterocycles. The monoisotopic (exact) mass is 329 g/mol. The largest absolute Gasteiger partial charge is 0.380 e. The molecule has 1 aliphatic carbocycles. The summed E-state index contributed by atoms with van der Waals surface area (Å²) < 4.78 is 21.0. The molecule has 2 aliphatic rings. The van der Waals surface area contributed by atoms with Gasteiger partial charge < -0.3 is 4.74 Å². The predicted octanol–water partition coefficient (Wildman–Crippen LogP) is 3.09. The van der Waals surface area contributed by atoms with Gasteiger partial charge >= 0.3 is 0 Å². The molecular formula is C19H24FN3O. The molecular weight excluding hydrogens is 305 g/mol. The van der Waals surface area contributed by atoms with Crippen molar-refractivity contribution in [1.82, 2.24) is 14.7 Å². The number of fused-ring (bicyclic) bond motifs is 1. The van der Waals surface area contributed by atoms with Gasteiger partial charge in [-0.25, -0.2) is 4.39 Å². The number of aromatic nitrogens is 2. The van der Waals surface area contributed by atoms with Crippen LogP contribution in [0.25, 0.3) is 0 Å². The SMILES string of the molecule is Cn1ncc2c1CN(Cc1ccc(F)cc1)C[C@H]2COCC1CC1. The Labute approximate surface area is 142 Å². The lowest BCUT2D eigenvalue weighted by Crippen LogP contribution is -2.35. The Kier molecular flexibility index (Phi) is 4.37. The molecule has 2 aromatic rings. The first-order valence-electron chi connectivity index (χ1n) is 8.74. The molecule has 0 N–H and O–H groups in total. The Morgan fingerprint density at radius 2 is 2.00 bits per heavy atom. The number of halogens is 1. The zero-order chi connectivity index (χ0) is 16.5. The van der Waals surface area contributed by atoms with Crippen LogP contribution in [-0.2, 0) is 24.9 Å². The molecule has 1 aromatic carbocycles. The summed E-state index contributed by atoms with van der Waals surface area (Å²) in [5.41, 5.74) is 3.73. The van der Waals surface area contributed by atoms with Crippen molar-refractivity contribution < 1.29 is 9.13 Å². The minimum atomic E-state index is -0.183. The second-order valence-electron chi connectivity index (χ2n) is 7.14. The Morgan fingerprint density at radius 3 is 2.75 bits per heavy atom. The number of ether oxygens (including phenoxy) is 1. The lowest BCUT2D eigenvalue weighted by Gasteiger charge is -2.33. The molecule has 4 nitrogen and oxygen atoms in total. The van der Waals surface area contributed by atoms with Gasteiger partial charge in [0, 0.05) is 44.8 Å². The van der Waals surface area contributed by atoms with E-state index in [2.05, 4.69) is 10.00 Å². The molecule has 1 atom stereocenters. The minimum Gasteiger partial charge on any atom is -0.380 e. The van der Waals surface area contributed by atoms with Gasteiger partial charge in [-0.05, 0) is 36.5 Å². The van der Waals surface area contributed by atoms with E-state index in [0.29, 0.717) is 5.92 Å². The van der Waals surface area contributed by atoms with E-state index in [1.807, 2.05) is 30.1 Å². The number of hydrogen-bond donors (Lipinski definition) is 0. The lowest BCUT2D eigenvalue weighted by molar-refractivity contribution is 0.0885. The van der Waals surface area contributed by atoms with E-state index in [1.165, 1.54) is 36.2 Å². The van der Waals surface area contributed by atoms with Crippen LogP contribution < -0.4 is 0 Å². The van der Waals surface area contributed by atoms with Crippen LogP contribution in [0, 0.1) is 11.7 Å². The normalized spacial score (nSPS) is 21.0. The molecule has 24 heavy (non-hydrogen) atoms. The first-order chi connectivity index (χ1) is 11.7. The van der Waals surface area contributed by atoms with Crippen molar-refractivity contribution in [2.75, 3.05) is 19.8 Å². The van der Waals surface area contributed by atoms with Gasteiger partial charge in [-0.15, -0.1) is 0 Å². The van der Waals surface area contributed by atoms with E-state index in [0.717, 1.165) is 44.3 Å². The highest BCUT2D eigenvalue weighted by atomic mass is 19.1. The van der Waals surface area contributed by atoms with Crippen LogP contribution in [0.4, 0.5) is 4.39 Å². The molecule has 0 unspecified atom stereocenters. The summed E-state index contributed by atoms with van der Waals surface area (Å²) in [6, 6.07) is 6.80. The third-order valence-electron chi connectivity index (χ3n) is 5.07. The highest BCUT2D eigenvalue weighted by Crippen LogP contribution is 2.32. The molecule has 5 heteroatoms. The van der Waals surface area contributed by atoms with Gasteiger partial charge in [0.2, 0.25) is 0 Å². The summed E-state index contributed by atoms with van der Waals surface area (Å²) in [5.74, 6) is 0.969. The summed E-state index contributed by atoms with van der Waals surface area (Å²) in [5, 5.41) is 4.44. The van der Waals surface area contributed by atoms with Crippen molar-refractivity contribution in [1.29, 1.82) is 0 Å². The lowest BCUT2D eigenvalue weighted by atomic mass is 9.95.